The van der Waals surface area contributed by atoms with Crippen molar-refractivity contribution >= 4 is 22.6 Å². The monoisotopic (exact) mass is 366 g/mol. The third kappa shape index (κ3) is 3.00. The van der Waals surface area contributed by atoms with Crippen molar-refractivity contribution in [1.82, 2.24) is 24.4 Å². The van der Waals surface area contributed by atoms with Crippen LogP contribution in [0.4, 0.5) is 5.13 Å². The summed E-state index contributed by atoms with van der Waals surface area (Å²) in [6.45, 7) is 3.93. The van der Waals surface area contributed by atoms with Crippen LogP contribution in [0.5, 0.6) is 0 Å². The maximum atomic E-state index is 12.0. The summed E-state index contributed by atoms with van der Waals surface area (Å²) >= 11 is 1.07. The second-order valence-electron chi connectivity index (χ2n) is 5.63. The molecule has 0 aliphatic heterocycles. The number of hydrogen-bond acceptors (Lipinski definition) is 7. The molecule has 1 amide bonds. The van der Waals surface area contributed by atoms with Crippen molar-refractivity contribution < 1.29 is 9.21 Å². The molecule has 1 aromatic carbocycles. The van der Waals surface area contributed by atoms with Crippen LogP contribution in [0.15, 0.2) is 47.1 Å². The number of carbonyl (C=O) groups excluding carboxylic acids is 1. The van der Waals surface area contributed by atoms with Crippen LogP contribution < -0.4 is 5.32 Å². The van der Waals surface area contributed by atoms with E-state index in [0.717, 1.165) is 22.9 Å². The number of benzene rings is 1. The summed E-state index contributed by atoms with van der Waals surface area (Å²) in [5.74, 6) is 0.251. The Bertz CT molecular complexity index is 1050. The van der Waals surface area contributed by atoms with E-state index >= 15 is 0 Å². The van der Waals surface area contributed by atoms with Crippen molar-refractivity contribution in [2.75, 3.05) is 5.32 Å². The van der Waals surface area contributed by atoms with E-state index < -0.39 is 0 Å². The van der Waals surface area contributed by atoms with Crippen molar-refractivity contribution in [1.29, 1.82) is 0 Å². The Morgan fingerprint density at radius 1 is 1.19 bits per heavy atom. The SMILES string of the molecule is Cc1ccc(-n2nnc(-c3nsc(NC(=O)c4ccco4)n3)c2C)cc1. The molecule has 0 fully saturated rings. The highest BCUT2D eigenvalue weighted by Gasteiger charge is 2.18. The summed E-state index contributed by atoms with van der Waals surface area (Å²) in [7, 11) is 0. The highest BCUT2D eigenvalue weighted by Crippen LogP contribution is 2.24. The average molecular weight is 366 g/mol. The van der Waals surface area contributed by atoms with Crippen molar-refractivity contribution in [2.45, 2.75) is 13.8 Å². The minimum absolute atomic E-state index is 0.211. The van der Waals surface area contributed by atoms with Crippen LogP contribution in [0.3, 0.4) is 0 Å². The quantitative estimate of drug-likeness (QED) is 0.595. The third-order valence-electron chi connectivity index (χ3n) is 3.78. The Labute approximate surface area is 152 Å². The first-order valence-electron chi connectivity index (χ1n) is 7.80. The number of carbonyl (C=O) groups is 1. The maximum Gasteiger partial charge on any atom is 0.293 e. The number of amides is 1. The van der Waals surface area contributed by atoms with Crippen molar-refractivity contribution in [3.8, 4) is 17.2 Å². The molecule has 4 aromatic rings. The van der Waals surface area contributed by atoms with Gasteiger partial charge in [-0.15, -0.1) is 5.10 Å². The molecule has 9 heteroatoms. The predicted molar refractivity (Wildman–Crippen MR) is 96.4 cm³/mol. The normalized spacial score (nSPS) is 10.8. The lowest BCUT2D eigenvalue weighted by atomic mass is 10.2. The number of aromatic nitrogens is 5. The fourth-order valence-corrected chi connectivity index (χ4v) is 2.97. The second kappa shape index (κ2) is 6.52. The second-order valence-corrected chi connectivity index (χ2v) is 6.38. The molecule has 0 radical (unpaired) electrons. The van der Waals surface area contributed by atoms with Gasteiger partial charge in [0.1, 0.15) is 0 Å². The average Bonchev–Trinajstić information content (AvgIpc) is 3.36. The fraction of sp³-hybridized carbons (Fsp3) is 0.118. The van der Waals surface area contributed by atoms with Crippen LogP contribution in [-0.2, 0) is 0 Å². The van der Waals surface area contributed by atoms with Gasteiger partial charge in [-0.2, -0.15) is 9.36 Å². The lowest BCUT2D eigenvalue weighted by Crippen LogP contribution is -2.10. The minimum atomic E-state index is -0.377. The summed E-state index contributed by atoms with van der Waals surface area (Å²) in [5.41, 5.74) is 3.47. The van der Waals surface area contributed by atoms with Crippen molar-refractivity contribution in [2.24, 2.45) is 0 Å². The largest absolute Gasteiger partial charge is 0.459 e. The van der Waals surface area contributed by atoms with Gasteiger partial charge in [0.15, 0.2) is 17.3 Å². The van der Waals surface area contributed by atoms with E-state index in [2.05, 4.69) is 25.0 Å². The number of nitrogens with zero attached hydrogens (tertiary/aromatic N) is 5. The van der Waals surface area contributed by atoms with Crippen LogP contribution in [-0.4, -0.2) is 30.3 Å². The molecule has 3 aromatic heterocycles. The highest BCUT2D eigenvalue weighted by molar-refractivity contribution is 7.10. The maximum absolute atomic E-state index is 12.0. The first-order chi connectivity index (χ1) is 12.6. The zero-order chi connectivity index (χ0) is 18.1. The zero-order valence-electron chi connectivity index (χ0n) is 14.0. The molecular formula is C17H14N6O2S. The van der Waals surface area contributed by atoms with E-state index in [0.29, 0.717) is 16.6 Å². The van der Waals surface area contributed by atoms with Gasteiger partial charge in [-0.05, 0) is 38.1 Å². The van der Waals surface area contributed by atoms with Gasteiger partial charge in [-0.25, -0.2) is 4.68 Å². The molecule has 8 nitrogen and oxygen atoms in total. The summed E-state index contributed by atoms with van der Waals surface area (Å²) in [6.07, 6.45) is 1.44. The summed E-state index contributed by atoms with van der Waals surface area (Å²) in [6, 6.07) is 11.2. The first-order valence-corrected chi connectivity index (χ1v) is 8.57. The highest BCUT2D eigenvalue weighted by atomic mass is 32.1. The van der Waals surface area contributed by atoms with Crippen LogP contribution >= 0.6 is 11.5 Å². The van der Waals surface area contributed by atoms with Crippen LogP contribution in [0.25, 0.3) is 17.2 Å². The number of aryl methyl sites for hydroxylation is 1. The number of anilines is 1. The zero-order valence-corrected chi connectivity index (χ0v) is 14.8. The molecular weight excluding hydrogens is 352 g/mol. The van der Waals surface area contributed by atoms with E-state index in [4.69, 9.17) is 4.42 Å². The molecule has 3 heterocycles. The fourth-order valence-electron chi connectivity index (χ4n) is 2.40. The molecule has 0 aliphatic carbocycles. The van der Waals surface area contributed by atoms with Gasteiger partial charge in [0.2, 0.25) is 5.13 Å². The number of nitrogens with one attached hydrogen (secondary N) is 1. The van der Waals surface area contributed by atoms with E-state index in [9.17, 15) is 4.79 Å². The van der Waals surface area contributed by atoms with Crippen molar-refractivity contribution in [3.63, 3.8) is 0 Å². The molecule has 26 heavy (non-hydrogen) atoms. The molecule has 0 unspecified atom stereocenters. The van der Waals surface area contributed by atoms with Gasteiger partial charge in [0, 0.05) is 11.5 Å². The van der Waals surface area contributed by atoms with E-state index in [1.807, 2.05) is 38.1 Å². The van der Waals surface area contributed by atoms with Crippen LogP contribution in [0, 0.1) is 13.8 Å². The molecule has 0 atom stereocenters. The smallest absolute Gasteiger partial charge is 0.293 e. The van der Waals surface area contributed by atoms with Crippen LogP contribution in [0.2, 0.25) is 0 Å². The summed E-state index contributed by atoms with van der Waals surface area (Å²) in [4.78, 5) is 16.3. The Balaban J connectivity index is 1.58. The Morgan fingerprint density at radius 2 is 2.00 bits per heavy atom. The number of furan rings is 1. The lowest BCUT2D eigenvalue weighted by Gasteiger charge is -2.03. The molecule has 0 spiro atoms. The Hall–Kier alpha value is -3.33. The number of rotatable bonds is 4. The third-order valence-corrected chi connectivity index (χ3v) is 4.41. The molecule has 4 rings (SSSR count). The molecule has 1 N–H and O–H groups in total. The minimum Gasteiger partial charge on any atom is -0.459 e. The number of hydrogen-bond donors (Lipinski definition) is 1. The lowest BCUT2D eigenvalue weighted by molar-refractivity contribution is 0.0996. The van der Waals surface area contributed by atoms with Gasteiger partial charge in [0.25, 0.3) is 5.91 Å². The Morgan fingerprint density at radius 3 is 2.73 bits per heavy atom. The van der Waals surface area contributed by atoms with Crippen LogP contribution in [0.1, 0.15) is 21.8 Å². The van der Waals surface area contributed by atoms with Gasteiger partial charge in [-0.3, -0.25) is 10.1 Å². The van der Waals surface area contributed by atoms with E-state index in [-0.39, 0.29) is 11.7 Å². The van der Waals surface area contributed by atoms with E-state index in [1.165, 1.54) is 11.8 Å². The van der Waals surface area contributed by atoms with E-state index in [1.54, 1.807) is 16.8 Å². The first kappa shape index (κ1) is 16.2. The topological polar surface area (TPSA) is 98.7 Å². The molecule has 0 bridgehead atoms. The van der Waals surface area contributed by atoms with Gasteiger partial charge < -0.3 is 4.42 Å². The standard InChI is InChI=1S/C17H14N6O2S/c1-10-5-7-12(8-6-10)23-11(2)14(20-22-23)15-18-17(26-21-15)19-16(24)13-4-3-9-25-13/h3-9H,1-2H3,(H,18,19,21,24). The summed E-state index contributed by atoms with van der Waals surface area (Å²) in [5, 5.41) is 11.4. The van der Waals surface area contributed by atoms with Gasteiger partial charge in [0.05, 0.1) is 17.6 Å². The van der Waals surface area contributed by atoms with Gasteiger partial charge >= 0.3 is 0 Å². The molecule has 0 saturated heterocycles. The molecule has 130 valence electrons. The van der Waals surface area contributed by atoms with Crippen molar-refractivity contribution in [3.05, 3.63) is 59.7 Å². The molecule has 0 saturated carbocycles. The summed E-state index contributed by atoms with van der Waals surface area (Å²) < 4.78 is 11.1. The molecule has 0 aliphatic rings. The predicted octanol–water partition coefficient (Wildman–Crippen LogP) is 3.25. The Kier molecular flexibility index (Phi) is 4.05. The van der Waals surface area contributed by atoms with Gasteiger partial charge in [-0.1, -0.05) is 22.9 Å².